The van der Waals surface area contributed by atoms with Crippen molar-refractivity contribution in [3.63, 3.8) is 0 Å². The lowest BCUT2D eigenvalue weighted by molar-refractivity contribution is -0.587. The molecule has 0 fully saturated rings. The third-order valence-corrected chi connectivity index (χ3v) is 4.70. The van der Waals surface area contributed by atoms with E-state index in [9.17, 15) is 4.39 Å². The maximum absolute atomic E-state index is 14.2. The highest BCUT2D eigenvalue weighted by Gasteiger charge is 2.24. The van der Waals surface area contributed by atoms with Crippen LogP contribution < -0.4 is 25.0 Å². The number of hydrogen-bond donors (Lipinski definition) is 4. The number of ether oxygens (including phenoxy) is 2. The molecule has 0 bridgehead atoms. The number of nitrogens with zero attached hydrogens (tertiary/aromatic N) is 3. The fourth-order valence-corrected chi connectivity index (χ4v) is 3.50. The highest BCUT2D eigenvalue weighted by atomic mass is 19.1. The van der Waals surface area contributed by atoms with Crippen LogP contribution in [0.3, 0.4) is 0 Å². The van der Waals surface area contributed by atoms with Crippen LogP contribution in [0.2, 0.25) is 0 Å². The molecule has 29 heavy (non-hydrogen) atoms. The molecule has 0 atom stereocenters. The van der Waals surface area contributed by atoms with Gasteiger partial charge in [-0.3, -0.25) is 0 Å². The number of rotatable bonds is 5. The third-order valence-electron chi connectivity index (χ3n) is 4.70. The molecule has 0 aliphatic carbocycles. The Balaban J connectivity index is 1.67. The summed E-state index contributed by atoms with van der Waals surface area (Å²) >= 11 is 0. The van der Waals surface area contributed by atoms with Crippen LogP contribution >= 0.6 is 0 Å². The average Bonchev–Trinajstić information content (AvgIpc) is 3.31. The molecule has 1 aliphatic heterocycles. The molecule has 0 unspecified atom stereocenters. The number of aliphatic hydroxyl groups excluding tert-OH is 1. The van der Waals surface area contributed by atoms with E-state index in [1.54, 1.807) is 4.52 Å². The monoisotopic (exact) mass is 397 g/mol. The van der Waals surface area contributed by atoms with E-state index in [-0.39, 0.29) is 25.9 Å². The standard InChI is InChI=1S/C19H17FN6O3/c20-11-7-12(22-3-4-27)17-13(8-11)23-16(26-18(17)24-19(21)25-26)6-10-1-2-14-15(5-10)29-9-28-14/h1-2,5,7-8,27H,3-4,6,9H2,(H3,21,22,24,25)/p+1. The van der Waals surface area contributed by atoms with Crippen molar-refractivity contribution < 1.29 is 23.5 Å². The molecule has 9 nitrogen and oxygen atoms in total. The van der Waals surface area contributed by atoms with Gasteiger partial charge in [-0.2, -0.15) is 5.10 Å². The summed E-state index contributed by atoms with van der Waals surface area (Å²) in [5.41, 5.74) is 8.30. The smallest absolute Gasteiger partial charge is 0.302 e. The zero-order valence-electron chi connectivity index (χ0n) is 15.3. The second-order valence-corrected chi connectivity index (χ2v) is 6.66. The number of aromatic amines is 1. The molecule has 4 aromatic rings. The lowest BCUT2D eigenvalue weighted by atomic mass is 10.1. The Morgan fingerprint density at radius 3 is 2.93 bits per heavy atom. The quantitative estimate of drug-likeness (QED) is 0.373. The van der Waals surface area contributed by atoms with Gasteiger partial charge in [0.1, 0.15) is 11.2 Å². The van der Waals surface area contributed by atoms with Gasteiger partial charge in [0.15, 0.2) is 17.0 Å². The molecule has 1 aliphatic rings. The van der Waals surface area contributed by atoms with Crippen LogP contribution in [0.15, 0.2) is 30.3 Å². The molecule has 3 heterocycles. The number of H-pyrrole nitrogens is 1. The molecule has 2 aromatic heterocycles. The molecular weight excluding hydrogens is 379 g/mol. The third kappa shape index (κ3) is 3.03. The molecule has 5 N–H and O–H groups in total. The van der Waals surface area contributed by atoms with E-state index in [0.717, 1.165) is 5.56 Å². The Morgan fingerprint density at radius 2 is 2.07 bits per heavy atom. The minimum atomic E-state index is -0.438. The molecule has 0 amide bonds. The van der Waals surface area contributed by atoms with Gasteiger partial charge in [0.2, 0.25) is 6.79 Å². The van der Waals surface area contributed by atoms with Crippen molar-refractivity contribution in [3.8, 4) is 11.5 Å². The van der Waals surface area contributed by atoms with E-state index in [0.29, 0.717) is 46.0 Å². The predicted octanol–water partition coefficient (Wildman–Crippen LogP) is 1.14. The number of aromatic nitrogens is 4. The average molecular weight is 397 g/mol. The first-order valence-corrected chi connectivity index (χ1v) is 9.05. The molecule has 0 saturated heterocycles. The van der Waals surface area contributed by atoms with Gasteiger partial charge in [-0.05, 0) is 23.8 Å². The summed E-state index contributed by atoms with van der Waals surface area (Å²) in [7, 11) is 0. The van der Waals surface area contributed by atoms with Crippen LogP contribution in [0.4, 0.5) is 16.0 Å². The Labute approximate surface area is 163 Å². The predicted molar refractivity (Wildman–Crippen MR) is 102 cm³/mol. The number of nitrogens with one attached hydrogen (secondary N) is 2. The van der Waals surface area contributed by atoms with Crippen molar-refractivity contribution in [1.82, 2.24) is 15.1 Å². The largest absolute Gasteiger partial charge is 0.454 e. The number of halogens is 1. The van der Waals surface area contributed by atoms with Crippen molar-refractivity contribution in [2.45, 2.75) is 6.42 Å². The van der Waals surface area contributed by atoms with Crippen LogP contribution in [-0.2, 0) is 6.42 Å². The number of aliphatic hydroxyl groups is 1. The van der Waals surface area contributed by atoms with Crippen LogP contribution in [0.5, 0.6) is 11.5 Å². The van der Waals surface area contributed by atoms with Crippen LogP contribution in [0.1, 0.15) is 11.4 Å². The number of nitrogens with two attached hydrogens (primary N) is 1. The van der Waals surface area contributed by atoms with Gasteiger partial charge in [0.25, 0.3) is 5.82 Å². The summed E-state index contributed by atoms with van der Waals surface area (Å²) in [6.45, 7) is 0.377. The Kier molecular flexibility index (Phi) is 4.06. The number of nitrogen functional groups attached to an aromatic ring is 1. The minimum absolute atomic E-state index is 0.0907. The van der Waals surface area contributed by atoms with Gasteiger partial charge in [-0.25, -0.2) is 4.39 Å². The molecule has 5 rings (SSSR count). The zero-order valence-corrected chi connectivity index (χ0v) is 15.3. The first kappa shape index (κ1) is 17.4. The lowest BCUT2D eigenvalue weighted by Crippen LogP contribution is -2.31. The second kappa shape index (κ2) is 6.74. The zero-order chi connectivity index (χ0) is 20.0. The second-order valence-electron chi connectivity index (χ2n) is 6.66. The topological polar surface area (TPSA) is 122 Å². The summed E-state index contributed by atoms with van der Waals surface area (Å²) < 4.78 is 26.7. The number of benzene rings is 2. The normalized spacial score (nSPS) is 12.8. The van der Waals surface area contributed by atoms with Crippen molar-refractivity contribution in [2.75, 3.05) is 31.0 Å². The number of anilines is 2. The molecular formula is C19H18FN6O3+. The van der Waals surface area contributed by atoms with E-state index in [1.807, 2.05) is 18.2 Å². The van der Waals surface area contributed by atoms with E-state index in [1.165, 1.54) is 12.1 Å². The van der Waals surface area contributed by atoms with Crippen molar-refractivity contribution in [3.05, 3.63) is 47.5 Å². The molecule has 0 saturated carbocycles. The summed E-state index contributed by atoms with van der Waals surface area (Å²) in [4.78, 5) is 9.03. The molecule has 0 radical (unpaired) electrons. The first-order chi connectivity index (χ1) is 14.1. The SMILES string of the molecule is Nc1nc2c3c(NCCO)cc(F)cc3nc(Cc3ccc4c(c3)OCO4)[n+]2[nH]1. The minimum Gasteiger partial charge on any atom is -0.454 e. The molecule has 2 aromatic carbocycles. The fourth-order valence-electron chi connectivity index (χ4n) is 3.50. The highest BCUT2D eigenvalue weighted by molar-refractivity contribution is 6.00. The van der Waals surface area contributed by atoms with Crippen molar-refractivity contribution in [1.29, 1.82) is 0 Å². The Morgan fingerprint density at radius 1 is 1.21 bits per heavy atom. The Hall–Kier alpha value is -3.66. The molecule has 148 valence electrons. The van der Waals surface area contributed by atoms with Crippen molar-refractivity contribution >= 4 is 28.2 Å². The number of fused-ring (bicyclic) bond motifs is 4. The van der Waals surface area contributed by atoms with E-state index in [2.05, 4.69) is 20.4 Å². The van der Waals surface area contributed by atoms with E-state index in [4.69, 9.17) is 20.3 Å². The van der Waals surface area contributed by atoms with Gasteiger partial charge < -0.3 is 25.6 Å². The first-order valence-electron chi connectivity index (χ1n) is 9.05. The summed E-state index contributed by atoms with van der Waals surface area (Å²) in [5.74, 6) is 1.76. The van der Waals surface area contributed by atoms with E-state index < -0.39 is 5.82 Å². The van der Waals surface area contributed by atoms with Gasteiger partial charge in [0, 0.05) is 12.6 Å². The van der Waals surface area contributed by atoms with Gasteiger partial charge >= 0.3 is 11.6 Å². The van der Waals surface area contributed by atoms with Crippen LogP contribution in [-0.4, -0.2) is 40.1 Å². The van der Waals surface area contributed by atoms with E-state index >= 15 is 0 Å². The molecule has 0 spiro atoms. The van der Waals surface area contributed by atoms with Gasteiger partial charge in [-0.1, -0.05) is 11.1 Å². The highest BCUT2D eigenvalue weighted by Crippen LogP contribution is 2.33. The summed E-state index contributed by atoms with van der Waals surface area (Å²) in [5, 5.41) is 15.7. The van der Waals surface area contributed by atoms with Crippen LogP contribution in [0.25, 0.3) is 16.6 Å². The number of hydrogen-bond acceptors (Lipinski definition) is 7. The Bertz CT molecular complexity index is 1240. The summed E-state index contributed by atoms with van der Waals surface area (Å²) in [6, 6.07) is 8.36. The maximum atomic E-state index is 14.2. The van der Waals surface area contributed by atoms with Crippen LogP contribution in [0, 0.1) is 5.82 Å². The van der Waals surface area contributed by atoms with Gasteiger partial charge in [0.05, 0.1) is 18.7 Å². The molecule has 10 heteroatoms. The van der Waals surface area contributed by atoms with Crippen molar-refractivity contribution in [2.24, 2.45) is 0 Å². The maximum Gasteiger partial charge on any atom is 0.302 e. The lowest BCUT2D eigenvalue weighted by Gasteiger charge is -2.08. The van der Waals surface area contributed by atoms with Gasteiger partial charge in [-0.15, -0.1) is 9.50 Å². The summed E-state index contributed by atoms with van der Waals surface area (Å²) in [6.07, 6.45) is 0.436. The fraction of sp³-hybridized carbons (Fsp3) is 0.211.